The lowest BCUT2D eigenvalue weighted by Gasteiger charge is -2.25. The molecule has 0 unspecified atom stereocenters. The molecule has 3 aromatic rings. The Bertz CT molecular complexity index is 997. The SMILES string of the molecule is CN(C(=O)OC(C)(C)C)c1cc(F)cc2c1[nH]c1nc(S)nc(S)c12. The summed E-state index contributed by atoms with van der Waals surface area (Å²) in [7, 11) is 1.52. The Labute approximate surface area is 154 Å². The molecule has 0 atom stereocenters. The van der Waals surface area contributed by atoms with Gasteiger partial charge in [0.2, 0.25) is 0 Å². The van der Waals surface area contributed by atoms with Gasteiger partial charge in [-0.15, -0.1) is 25.3 Å². The van der Waals surface area contributed by atoms with Crippen molar-refractivity contribution in [3.8, 4) is 0 Å². The number of hydrogen-bond donors (Lipinski definition) is 3. The summed E-state index contributed by atoms with van der Waals surface area (Å²) >= 11 is 8.46. The molecule has 25 heavy (non-hydrogen) atoms. The molecule has 1 aromatic carbocycles. The molecule has 0 radical (unpaired) electrons. The molecule has 0 aliphatic carbocycles. The average molecular weight is 380 g/mol. The average Bonchev–Trinajstić information content (AvgIpc) is 2.81. The van der Waals surface area contributed by atoms with E-state index in [0.717, 1.165) is 0 Å². The van der Waals surface area contributed by atoms with E-state index in [4.69, 9.17) is 4.74 Å². The van der Waals surface area contributed by atoms with Gasteiger partial charge in [0.25, 0.3) is 0 Å². The van der Waals surface area contributed by atoms with Gasteiger partial charge in [-0.3, -0.25) is 4.90 Å². The van der Waals surface area contributed by atoms with Crippen LogP contribution in [0.1, 0.15) is 20.8 Å². The molecule has 3 rings (SSSR count). The molecule has 1 N–H and O–H groups in total. The Morgan fingerprint density at radius 2 is 1.96 bits per heavy atom. The number of anilines is 1. The molecule has 0 aliphatic heterocycles. The van der Waals surface area contributed by atoms with Crippen LogP contribution in [0.4, 0.5) is 14.9 Å². The van der Waals surface area contributed by atoms with Gasteiger partial charge in [0.05, 0.1) is 16.6 Å². The number of nitrogens with zero attached hydrogens (tertiary/aromatic N) is 3. The standard InChI is InChI=1S/C16H17FN4O2S2/c1-16(2,3)23-15(22)21(4)9-6-7(17)5-8-10-12(18-11(8)9)19-14(25)20-13(10)24/h5-6H,1-4H3,(H3,18,19,20,24,25). The summed E-state index contributed by atoms with van der Waals surface area (Å²) in [5, 5.41) is 1.71. The minimum atomic E-state index is -0.664. The normalized spacial score (nSPS) is 12.0. The van der Waals surface area contributed by atoms with E-state index in [2.05, 4.69) is 40.2 Å². The number of nitrogens with one attached hydrogen (secondary N) is 1. The van der Waals surface area contributed by atoms with Crippen LogP contribution in [0.15, 0.2) is 22.3 Å². The monoisotopic (exact) mass is 380 g/mol. The van der Waals surface area contributed by atoms with Crippen LogP contribution in [0.25, 0.3) is 21.9 Å². The number of ether oxygens (including phenoxy) is 1. The number of thiol groups is 2. The van der Waals surface area contributed by atoms with Crippen molar-refractivity contribution in [1.29, 1.82) is 0 Å². The second-order valence-electron chi connectivity index (χ2n) is 6.58. The van der Waals surface area contributed by atoms with Crippen molar-refractivity contribution in [2.45, 2.75) is 36.6 Å². The van der Waals surface area contributed by atoms with Crippen LogP contribution >= 0.6 is 25.3 Å². The third-order valence-electron chi connectivity index (χ3n) is 3.50. The number of benzene rings is 1. The summed E-state index contributed by atoms with van der Waals surface area (Å²) in [5.41, 5.74) is 0.663. The molecule has 132 valence electrons. The highest BCUT2D eigenvalue weighted by Gasteiger charge is 2.24. The Balaban J connectivity index is 2.22. The first-order chi connectivity index (χ1) is 11.6. The first kappa shape index (κ1) is 17.8. The van der Waals surface area contributed by atoms with E-state index in [9.17, 15) is 9.18 Å². The van der Waals surface area contributed by atoms with E-state index < -0.39 is 17.5 Å². The van der Waals surface area contributed by atoms with E-state index in [-0.39, 0.29) is 5.16 Å². The Hall–Kier alpha value is -2.00. The van der Waals surface area contributed by atoms with Crippen LogP contribution in [-0.4, -0.2) is 33.7 Å². The summed E-state index contributed by atoms with van der Waals surface area (Å²) in [6.07, 6.45) is -0.592. The zero-order valence-electron chi connectivity index (χ0n) is 14.1. The highest BCUT2D eigenvalue weighted by atomic mass is 32.1. The molecule has 0 fully saturated rings. The fourth-order valence-corrected chi connectivity index (χ4v) is 3.11. The van der Waals surface area contributed by atoms with Crippen molar-refractivity contribution < 1.29 is 13.9 Å². The lowest BCUT2D eigenvalue weighted by Crippen LogP contribution is -2.34. The Kier molecular flexibility index (Phi) is 4.32. The largest absolute Gasteiger partial charge is 0.443 e. The van der Waals surface area contributed by atoms with Crippen LogP contribution in [0.5, 0.6) is 0 Å². The van der Waals surface area contributed by atoms with E-state index in [1.165, 1.54) is 24.1 Å². The highest BCUT2D eigenvalue weighted by molar-refractivity contribution is 7.81. The number of aromatic amines is 1. The minimum Gasteiger partial charge on any atom is -0.443 e. The molecule has 0 saturated carbocycles. The van der Waals surface area contributed by atoms with E-state index in [1.54, 1.807) is 20.8 Å². The molecule has 2 heterocycles. The number of amides is 1. The Morgan fingerprint density at radius 3 is 2.60 bits per heavy atom. The summed E-state index contributed by atoms with van der Waals surface area (Å²) < 4.78 is 19.6. The first-order valence-electron chi connectivity index (χ1n) is 7.44. The number of aromatic nitrogens is 3. The zero-order chi connectivity index (χ0) is 18.5. The van der Waals surface area contributed by atoms with Gasteiger partial charge in [0.15, 0.2) is 5.16 Å². The van der Waals surface area contributed by atoms with E-state index in [1.807, 2.05) is 0 Å². The van der Waals surface area contributed by atoms with Crippen molar-refractivity contribution in [2.24, 2.45) is 0 Å². The van der Waals surface area contributed by atoms with Crippen molar-refractivity contribution in [1.82, 2.24) is 15.0 Å². The van der Waals surface area contributed by atoms with Gasteiger partial charge < -0.3 is 9.72 Å². The summed E-state index contributed by atoms with van der Waals surface area (Å²) in [6.45, 7) is 5.29. The van der Waals surface area contributed by atoms with Crippen LogP contribution < -0.4 is 4.90 Å². The van der Waals surface area contributed by atoms with Gasteiger partial charge in [0, 0.05) is 12.4 Å². The number of halogens is 1. The zero-order valence-corrected chi connectivity index (χ0v) is 15.9. The highest BCUT2D eigenvalue weighted by Crippen LogP contribution is 2.35. The Morgan fingerprint density at radius 1 is 1.28 bits per heavy atom. The topological polar surface area (TPSA) is 71.1 Å². The van der Waals surface area contributed by atoms with Crippen molar-refractivity contribution in [3.05, 3.63) is 17.9 Å². The van der Waals surface area contributed by atoms with Gasteiger partial charge in [0.1, 0.15) is 22.1 Å². The van der Waals surface area contributed by atoms with E-state index >= 15 is 0 Å². The molecular formula is C16H17FN4O2S2. The van der Waals surface area contributed by atoms with Crippen molar-refractivity contribution >= 4 is 59.0 Å². The lowest BCUT2D eigenvalue weighted by atomic mass is 10.1. The lowest BCUT2D eigenvalue weighted by molar-refractivity contribution is 0.0589. The van der Waals surface area contributed by atoms with Crippen LogP contribution in [-0.2, 0) is 4.74 Å². The van der Waals surface area contributed by atoms with Crippen LogP contribution in [0, 0.1) is 5.82 Å². The second kappa shape index (κ2) is 6.06. The van der Waals surface area contributed by atoms with Crippen LogP contribution in [0.2, 0.25) is 0 Å². The molecule has 1 amide bonds. The van der Waals surface area contributed by atoms with Crippen molar-refractivity contribution in [3.63, 3.8) is 0 Å². The van der Waals surface area contributed by atoms with Gasteiger partial charge in [-0.1, -0.05) is 0 Å². The van der Waals surface area contributed by atoms with Crippen molar-refractivity contribution in [2.75, 3.05) is 11.9 Å². The third kappa shape index (κ3) is 3.38. The molecule has 9 heteroatoms. The molecule has 6 nitrogen and oxygen atoms in total. The quantitative estimate of drug-likeness (QED) is 0.336. The van der Waals surface area contributed by atoms with Gasteiger partial charge in [-0.25, -0.2) is 19.2 Å². The van der Waals surface area contributed by atoms with Gasteiger partial charge in [-0.2, -0.15) is 0 Å². The smallest absolute Gasteiger partial charge is 0.414 e. The summed E-state index contributed by atoms with van der Waals surface area (Å²) in [5.74, 6) is -0.499. The molecule has 0 aliphatic rings. The molecule has 0 bridgehead atoms. The predicted molar refractivity (Wildman–Crippen MR) is 100 cm³/mol. The van der Waals surface area contributed by atoms with Gasteiger partial charge >= 0.3 is 6.09 Å². The van der Waals surface area contributed by atoms with Crippen LogP contribution in [0.3, 0.4) is 0 Å². The number of H-pyrrole nitrogens is 1. The fraction of sp³-hybridized carbons (Fsp3) is 0.312. The second-order valence-corrected chi connectivity index (χ2v) is 7.41. The van der Waals surface area contributed by atoms with Gasteiger partial charge in [-0.05, 0) is 32.9 Å². The maximum Gasteiger partial charge on any atom is 0.414 e. The maximum atomic E-state index is 14.2. The summed E-state index contributed by atoms with van der Waals surface area (Å²) in [4.78, 5) is 25.0. The number of carbonyl (C=O) groups excluding carboxylic acids is 1. The minimum absolute atomic E-state index is 0.242. The number of rotatable bonds is 1. The number of hydrogen-bond acceptors (Lipinski definition) is 6. The molecule has 2 aromatic heterocycles. The fourth-order valence-electron chi connectivity index (χ4n) is 2.51. The third-order valence-corrected chi connectivity index (χ3v) is 4.03. The molecule has 0 saturated heterocycles. The summed E-state index contributed by atoms with van der Waals surface area (Å²) in [6, 6.07) is 2.61. The molecular weight excluding hydrogens is 363 g/mol. The molecule has 0 spiro atoms. The maximum absolute atomic E-state index is 14.2. The first-order valence-corrected chi connectivity index (χ1v) is 8.34. The number of fused-ring (bicyclic) bond motifs is 3. The number of carbonyl (C=O) groups is 1. The predicted octanol–water partition coefficient (Wildman–Crippen LogP) is 4.20. The van der Waals surface area contributed by atoms with E-state index in [0.29, 0.717) is 32.6 Å².